The smallest absolute Gasteiger partial charge is 0.121 e. The lowest BCUT2D eigenvalue weighted by molar-refractivity contribution is 0.342. The van der Waals surface area contributed by atoms with E-state index in [0.717, 1.165) is 23.3 Å². The van der Waals surface area contributed by atoms with Crippen LogP contribution >= 0.6 is 0 Å². The van der Waals surface area contributed by atoms with Crippen LogP contribution in [0.3, 0.4) is 0 Å². The van der Waals surface area contributed by atoms with E-state index < -0.39 is 0 Å². The van der Waals surface area contributed by atoms with Crippen molar-refractivity contribution in [3.8, 4) is 5.75 Å². The fourth-order valence-corrected chi connectivity index (χ4v) is 1.79. The minimum Gasteiger partial charge on any atom is -0.489 e. The number of aromatic nitrogens is 1. The Hall–Kier alpha value is -1.83. The number of allylic oxidation sites excluding steroid dienone is 1. The van der Waals surface area contributed by atoms with Gasteiger partial charge in [0, 0.05) is 17.6 Å². The van der Waals surface area contributed by atoms with Crippen LogP contribution in [-0.2, 0) is 0 Å². The van der Waals surface area contributed by atoms with Gasteiger partial charge in [-0.2, -0.15) is 0 Å². The fourth-order valence-electron chi connectivity index (χ4n) is 1.79. The van der Waals surface area contributed by atoms with E-state index in [1.54, 1.807) is 6.20 Å². The summed E-state index contributed by atoms with van der Waals surface area (Å²) >= 11 is 0. The topological polar surface area (TPSA) is 22.1 Å². The van der Waals surface area contributed by atoms with Crippen molar-refractivity contribution >= 4 is 10.9 Å². The minimum absolute atomic E-state index is 0.721. The first-order valence-electron chi connectivity index (χ1n) is 5.57. The molecule has 0 fully saturated rings. The van der Waals surface area contributed by atoms with Crippen molar-refractivity contribution in [2.24, 2.45) is 0 Å². The molecule has 0 amide bonds. The number of benzene rings is 1. The van der Waals surface area contributed by atoms with E-state index in [-0.39, 0.29) is 0 Å². The molecule has 3 rings (SSSR count). The van der Waals surface area contributed by atoms with E-state index in [1.807, 2.05) is 24.3 Å². The lowest BCUT2D eigenvalue weighted by Crippen LogP contribution is -2.06. The third-order valence-corrected chi connectivity index (χ3v) is 2.90. The van der Waals surface area contributed by atoms with Gasteiger partial charge in [0.1, 0.15) is 12.4 Å². The van der Waals surface area contributed by atoms with Gasteiger partial charge in [0.2, 0.25) is 0 Å². The molecule has 0 aliphatic heterocycles. The maximum atomic E-state index is 5.71. The summed E-state index contributed by atoms with van der Waals surface area (Å²) in [5, 5.41) is 1.15. The number of rotatable bonds is 3. The third kappa shape index (κ3) is 1.78. The van der Waals surface area contributed by atoms with E-state index in [0.29, 0.717) is 0 Å². The Morgan fingerprint density at radius 1 is 1.25 bits per heavy atom. The van der Waals surface area contributed by atoms with Crippen LogP contribution < -0.4 is 4.74 Å². The summed E-state index contributed by atoms with van der Waals surface area (Å²) in [6, 6.07) is 10.0. The molecule has 80 valence electrons. The van der Waals surface area contributed by atoms with Crippen LogP contribution in [0, 0.1) is 0 Å². The number of pyridine rings is 1. The highest BCUT2D eigenvalue weighted by Crippen LogP contribution is 2.22. The van der Waals surface area contributed by atoms with Gasteiger partial charge < -0.3 is 4.74 Å². The number of nitrogens with zero attached hydrogens (tertiary/aromatic N) is 1. The van der Waals surface area contributed by atoms with Gasteiger partial charge in [0.05, 0.1) is 5.52 Å². The summed E-state index contributed by atoms with van der Waals surface area (Å²) in [4.78, 5) is 4.31. The van der Waals surface area contributed by atoms with Crippen molar-refractivity contribution in [1.29, 1.82) is 0 Å². The molecule has 16 heavy (non-hydrogen) atoms. The van der Waals surface area contributed by atoms with Gasteiger partial charge in [0.25, 0.3) is 0 Å². The molecule has 1 aliphatic rings. The first-order chi connectivity index (χ1) is 7.92. The van der Waals surface area contributed by atoms with E-state index in [4.69, 9.17) is 4.74 Å². The van der Waals surface area contributed by atoms with Gasteiger partial charge >= 0.3 is 0 Å². The molecule has 0 radical (unpaired) electrons. The molecule has 2 aromatic rings. The van der Waals surface area contributed by atoms with Crippen molar-refractivity contribution in [3.05, 3.63) is 48.2 Å². The molecule has 0 saturated heterocycles. The maximum absolute atomic E-state index is 5.71. The Bertz CT molecular complexity index is 545. The Morgan fingerprint density at radius 2 is 2.19 bits per heavy atom. The van der Waals surface area contributed by atoms with Crippen LogP contribution in [0.5, 0.6) is 5.75 Å². The molecule has 1 aliphatic carbocycles. The van der Waals surface area contributed by atoms with E-state index >= 15 is 0 Å². The summed E-state index contributed by atoms with van der Waals surface area (Å²) in [7, 11) is 0. The standard InChI is InChI=1S/C14H13NO/c1-3-11(4-1)10-16-13-7-6-12-5-2-8-15-14(12)9-13/h2-3,5-9H,1,4,10H2. The zero-order valence-corrected chi connectivity index (χ0v) is 9.02. The van der Waals surface area contributed by atoms with Gasteiger partial charge in [0.15, 0.2) is 0 Å². The predicted octanol–water partition coefficient (Wildman–Crippen LogP) is 3.33. The summed E-state index contributed by atoms with van der Waals surface area (Å²) in [6.07, 6.45) is 6.43. The monoisotopic (exact) mass is 211 g/mol. The Kier molecular flexibility index (Phi) is 2.33. The fraction of sp³-hybridized carbons (Fsp3) is 0.214. The molecule has 0 unspecified atom stereocenters. The lowest BCUT2D eigenvalue weighted by Gasteiger charge is -2.15. The van der Waals surface area contributed by atoms with Crippen LogP contribution in [-0.4, -0.2) is 11.6 Å². The maximum Gasteiger partial charge on any atom is 0.121 e. The highest BCUT2D eigenvalue weighted by atomic mass is 16.5. The van der Waals surface area contributed by atoms with Gasteiger partial charge in [-0.25, -0.2) is 0 Å². The van der Waals surface area contributed by atoms with E-state index in [2.05, 4.69) is 17.1 Å². The van der Waals surface area contributed by atoms with Gasteiger partial charge in [-0.05, 0) is 36.6 Å². The number of ether oxygens (including phenoxy) is 1. The van der Waals surface area contributed by atoms with Gasteiger partial charge in [-0.1, -0.05) is 12.1 Å². The lowest BCUT2D eigenvalue weighted by atomic mass is 10.0. The molecule has 1 aromatic carbocycles. The average molecular weight is 211 g/mol. The van der Waals surface area contributed by atoms with Crippen LogP contribution in [0.4, 0.5) is 0 Å². The minimum atomic E-state index is 0.721. The molecule has 0 saturated carbocycles. The molecular formula is C14H13NO. The molecule has 0 N–H and O–H groups in total. The van der Waals surface area contributed by atoms with Crippen molar-refractivity contribution in [3.63, 3.8) is 0 Å². The van der Waals surface area contributed by atoms with Crippen LogP contribution in [0.1, 0.15) is 12.8 Å². The second-order valence-corrected chi connectivity index (χ2v) is 4.05. The van der Waals surface area contributed by atoms with E-state index in [9.17, 15) is 0 Å². The predicted molar refractivity (Wildman–Crippen MR) is 64.6 cm³/mol. The molecule has 0 spiro atoms. The quantitative estimate of drug-likeness (QED) is 0.726. The largest absolute Gasteiger partial charge is 0.489 e. The van der Waals surface area contributed by atoms with Gasteiger partial charge in [-0.3, -0.25) is 4.98 Å². The first kappa shape index (κ1) is 9.40. The van der Waals surface area contributed by atoms with Crippen LogP contribution in [0.15, 0.2) is 48.2 Å². The van der Waals surface area contributed by atoms with E-state index in [1.165, 1.54) is 18.4 Å². The highest BCUT2D eigenvalue weighted by molar-refractivity contribution is 5.79. The van der Waals surface area contributed by atoms with Crippen LogP contribution in [0.25, 0.3) is 10.9 Å². The number of hydrogen-bond donors (Lipinski definition) is 0. The molecule has 1 aromatic heterocycles. The van der Waals surface area contributed by atoms with Crippen molar-refractivity contribution in [2.45, 2.75) is 12.8 Å². The highest BCUT2D eigenvalue weighted by Gasteiger charge is 2.06. The second kappa shape index (κ2) is 3.97. The number of fused-ring (bicyclic) bond motifs is 1. The normalized spacial score (nSPS) is 14.4. The molecule has 2 nitrogen and oxygen atoms in total. The zero-order chi connectivity index (χ0) is 10.8. The zero-order valence-electron chi connectivity index (χ0n) is 9.02. The van der Waals surface area contributed by atoms with Crippen molar-refractivity contribution < 1.29 is 4.74 Å². The Labute approximate surface area is 94.6 Å². The average Bonchev–Trinajstić information content (AvgIpc) is 2.27. The Morgan fingerprint density at radius 3 is 3.00 bits per heavy atom. The van der Waals surface area contributed by atoms with Crippen molar-refractivity contribution in [1.82, 2.24) is 4.98 Å². The first-order valence-corrected chi connectivity index (χ1v) is 5.57. The molecular weight excluding hydrogens is 198 g/mol. The summed E-state index contributed by atoms with van der Waals surface area (Å²) < 4.78 is 5.71. The summed E-state index contributed by atoms with van der Waals surface area (Å²) in [6.45, 7) is 0.721. The Balaban J connectivity index is 1.81. The molecule has 0 bridgehead atoms. The second-order valence-electron chi connectivity index (χ2n) is 4.05. The number of hydrogen-bond acceptors (Lipinski definition) is 2. The third-order valence-electron chi connectivity index (χ3n) is 2.90. The molecule has 2 heteroatoms. The summed E-state index contributed by atoms with van der Waals surface area (Å²) in [5.74, 6) is 0.902. The van der Waals surface area contributed by atoms with Crippen molar-refractivity contribution in [2.75, 3.05) is 6.61 Å². The summed E-state index contributed by atoms with van der Waals surface area (Å²) in [5.41, 5.74) is 2.39. The molecule has 0 atom stereocenters. The molecule has 1 heterocycles. The van der Waals surface area contributed by atoms with Crippen LogP contribution in [0.2, 0.25) is 0 Å². The van der Waals surface area contributed by atoms with Gasteiger partial charge in [-0.15, -0.1) is 0 Å². The SMILES string of the molecule is C1=C(COc2ccc3cccnc3c2)CC1.